The Hall–Kier alpha value is -1.47. The number of piperidine rings is 1. The van der Waals surface area contributed by atoms with Crippen LogP contribution in [0.1, 0.15) is 22.3 Å². The average Bonchev–Trinajstić information content (AvgIpc) is 2.85. The molecule has 2 aliphatic heterocycles. The summed E-state index contributed by atoms with van der Waals surface area (Å²) in [5, 5.41) is 30.5. The van der Waals surface area contributed by atoms with Crippen LogP contribution in [0.3, 0.4) is 0 Å². The Morgan fingerprint density at radius 2 is 1.86 bits per heavy atom. The van der Waals surface area contributed by atoms with Crippen molar-refractivity contribution in [2.75, 3.05) is 13.1 Å². The summed E-state index contributed by atoms with van der Waals surface area (Å²) in [5.41, 5.74) is 1.40. The third-order valence-corrected chi connectivity index (χ3v) is 4.55. The smallest absolute Gasteiger partial charge is 0.338 e. The second-order valence-corrected chi connectivity index (χ2v) is 6.14. The van der Waals surface area contributed by atoms with Gasteiger partial charge < -0.3 is 20.1 Å². The fraction of sp³-hybridized carbons (Fsp3) is 0.562. The van der Waals surface area contributed by atoms with Crippen molar-refractivity contribution >= 4 is 5.97 Å². The summed E-state index contributed by atoms with van der Waals surface area (Å²) in [6, 6.07) is 6.41. The maximum Gasteiger partial charge on any atom is 0.338 e. The van der Waals surface area contributed by atoms with Crippen LogP contribution in [0.4, 0.5) is 0 Å². The largest absolute Gasteiger partial charge is 0.453 e. The molecule has 3 N–H and O–H groups in total. The molecule has 2 fully saturated rings. The number of carbonyl (C=O) groups excluding carboxylic acids is 1. The molecule has 0 spiro atoms. The van der Waals surface area contributed by atoms with Crippen molar-refractivity contribution in [3.63, 3.8) is 0 Å². The molecule has 6 nitrogen and oxygen atoms in total. The van der Waals surface area contributed by atoms with Gasteiger partial charge in [0.2, 0.25) is 0 Å². The lowest BCUT2D eigenvalue weighted by atomic mass is 9.92. The van der Waals surface area contributed by atoms with Gasteiger partial charge in [-0.1, -0.05) is 17.7 Å². The van der Waals surface area contributed by atoms with Gasteiger partial charge in [-0.25, -0.2) is 4.79 Å². The molecule has 1 aromatic carbocycles. The van der Waals surface area contributed by atoms with E-state index in [9.17, 15) is 20.1 Å². The fourth-order valence-corrected chi connectivity index (χ4v) is 3.31. The lowest BCUT2D eigenvalue weighted by molar-refractivity contribution is -0.144. The van der Waals surface area contributed by atoms with Crippen LogP contribution in [0.5, 0.6) is 0 Å². The zero-order valence-corrected chi connectivity index (χ0v) is 12.4. The highest BCUT2D eigenvalue weighted by Crippen LogP contribution is 2.30. The van der Waals surface area contributed by atoms with Crippen molar-refractivity contribution in [1.82, 2.24) is 4.90 Å². The number of aliphatic hydroxyl groups is 3. The van der Waals surface area contributed by atoms with Crippen molar-refractivity contribution in [2.45, 2.75) is 43.8 Å². The van der Waals surface area contributed by atoms with E-state index in [-0.39, 0.29) is 6.54 Å². The Balaban J connectivity index is 1.73. The number of aryl methyl sites for hydroxylation is 1. The second-order valence-electron chi connectivity index (χ2n) is 6.14. The summed E-state index contributed by atoms with van der Waals surface area (Å²) in [5.74, 6) is -0.580. The first-order chi connectivity index (χ1) is 10.5. The maximum atomic E-state index is 12.2. The van der Waals surface area contributed by atoms with E-state index in [1.807, 2.05) is 11.8 Å². The number of fused-ring (bicyclic) bond motifs is 1. The molecule has 1 aromatic rings. The minimum absolute atomic E-state index is 0.282. The standard InChI is InChI=1S/C16H21NO5/c1-9-2-4-10(5-3-9)16(21)22-15-12(19)8-17-7-6-11(18)13(17)14(15)20/h2-5,11-15,18-20H,6-8H2,1H3. The molecule has 3 rings (SSSR count). The highest BCUT2D eigenvalue weighted by molar-refractivity contribution is 5.89. The minimum Gasteiger partial charge on any atom is -0.453 e. The Morgan fingerprint density at radius 3 is 2.55 bits per heavy atom. The Bertz CT molecular complexity index is 546. The van der Waals surface area contributed by atoms with Gasteiger partial charge in [-0.05, 0) is 25.5 Å². The number of carbonyl (C=O) groups is 1. The van der Waals surface area contributed by atoms with Gasteiger partial charge in [0, 0.05) is 13.1 Å². The van der Waals surface area contributed by atoms with Gasteiger partial charge in [-0.3, -0.25) is 4.90 Å². The first kappa shape index (κ1) is 15.4. The summed E-state index contributed by atoms with van der Waals surface area (Å²) >= 11 is 0. The normalized spacial score (nSPS) is 35.2. The van der Waals surface area contributed by atoms with Crippen molar-refractivity contribution in [1.29, 1.82) is 0 Å². The van der Waals surface area contributed by atoms with Crippen LogP contribution in [-0.2, 0) is 4.74 Å². The highest BCUT2D eigenvalue weighted by atomic mass is 16.6. The molecule has 0 radical (unpaired) electrons. The molecule has 5 atom stereocenters. The van der Waals surface area contributed by atoms with E-state index >= 15 is 0 Å². The van der Waals surface area contributed by atoms with Crippen molar-refractivity contribution in [3.8, 4) is 0 Å². The summed E-state index contributed by atoms with van der Waals surface area (Å²) in [6.07, 6.45) is -3.21. The number of esters is 1. The third kappa shape index (κ3) is 2.75. The first-order valence-corrected chi connectivity index (χ1v) is 7.53. The van der Waals surface area contributed by atoms with Crippen molar-refractivity contribution < 1.29 is 24.9 Å². The maximum absolute atomic E-state index is 12.2. The minimum atomic E-state index is -1.10. The van der Waals surface area contributed by atoms with Crippen LogP contribution < -0.4 is 0 Å². The summed E-state index contributed by atoms with van der Waals surface area (Å²) in [7, 11) is 0. The SMILES string of the molecule is Cc1ccc(C(=O)OC2C(O)CN3CCC(O)C3C2O)cc1. The zero-order valence-electron chi connectivity index (χ0n) is 12.4. The van der Waals surface area contributed by atoms with Crippen molar-refractivity contribution in [3.05, 3.63) is 35.4 Å². The first-order valence-electron chi connectivity index (χ1n) is 7.53. The van der Waals surface area contributed by atoms with Gasteiger partial charge in [-0.2, -0.15) is 0 Å². The van der Waals surface area contributed by atoms with Crippen LogP contribution in [0.2, 0.25) is 0 Å². The number of aliphatic hydroxyl groups excluding tert-OH is 3. The highest BCUT2D eigenvalue weighted by Gasteiger charge is 2.49. The lowest BCUT2D eigenvalue weighted by Gasteiger charge is -2.42. The molecule has 2 heterocycles. The number of benzene rings is 1. The van der Waals surface area contributed by atoms with Crippen LogP contribution in [0.25, 0.3) is 0 Å². The van der Waals surface area contributed by atoms with Crippen LogP contribution in [0, 0.1) is 6.92 Å². The lowest BCUT2D eigenvalue weighted by Crippen LogP contribution is -2.62. The van der Waals surface area contributed by atoms with Gasteiger partial charge in [0.15, 0.2) is 6.10 Å². The molecule has 2 aliphatic rings. The molecule has 0 bridgehead atoms. The molecule has 0 aromatic heterocycles. The predicted octanol–water partition coefficient (Wildman–Crippen LogP) is -0.309. The van der Waals surface area contributed by atoms with E-state index in [0.717, 1.165) is 5.56 Å². The van der Waals surface area contributed by atoms with E-state index in [1.54, 1.807) is 24.3 Å². The number of nitrogens with zero attached hydrogens (tertiary/aromatic N) is 1. The van der Waals surface area contributed by atoms with Crippen molar-refractivity contribution in [2.24, 2.45) is 0 Å². The van der Waals surface area contributed by atoms with E-state index in [2.05, 4.69) is 0 Å². The monoisotopic (exact) mass is 307 g/mol. The number of rotatable bonds is 2. The molecule has 5 unspecified atom stereocenters. The van der Waals surface area contributed by atoms with Gasteiger partial charge in [-0.15, -0.1) is 0 Å². The molecular formula is C16H21NO5. The predicted molar refractivity (Wildman–Crippen MR) is 78.4 cm³/mol. The van der Waals surface area contributed by atoms with Crippen LogP contribution in [0.15, 0.2) is 24.3 Å². The topological polar surface area (TPSA) is 90.2 Å². The summed E-state index contributed by atoms with van der Waals surface area (Å²) in [6.45, 7) is 2.82. The Kier molecular flexibility index (Phi) is 4.18. The second kappa shape index (κ2) is 5.96. The van der Waals surface area contributed by atoms with Crippen LogP contribution >= 0.6 is 0 Å². The average molecular weight is 307 g/mol. The van der Waals surface area contributed by atoms with E-state index in [1.165, 1.54) is 0 Å². The molecule has 0 aliphatic carbocycles. The Labute approximate surface area is 128 Å². The van der Waals surface area contributed by atoms with E-state index < -0.39 is 36.4 Å². The summed E-state index contributed by atoms with van der Waals surface area (Å²) < 4.78 is 5.32. The fourth-order valence-electron chi connectivity index (χ4n) is 3.31. The molecular weight excluding hydrogens is 286 g/mol. The Morgan fingerprint density at radius 1 is 1.18 bits per heavy atom. The molecule has 0 amide bonds. The number of hydrogen-bond acceptors (Lipinski definition) is 6. The molecule has 22 heavy (non-hydrogen) atoms. The van der Waals surface area contributed by atoms with Gasteiger partial charge in [0.1, 0.15) is 12.2 Å². The zero-order chi connectivity index (χ0) is 15.9. The van der Waals surface area contributed by atoms with E-state index in [4.69, 9.17) is 4.74 Å². The van der Waals surface area contributed by atoms with Gasteiger partial charge >= 0.3 is 5.97 Å². The summed E-state index contributed by atoms with van der Waals surface area (Å²) in [4.78, 5) is 14.0. The molecule has 6 heteroatoms. The molecule has 0 saturated carbocycles. The van der Waals surface area contributed by atoms with E-state index in [0.29, 0.717) is 18.5 Å². The quantitative estimate of drug-likeness (QED) is 0.650. The molecule has 120 valence electrons. The third-order valence-electron chi connectivity index (χ3n) is 4.55. The van der Waals surface area contributed by atoms with Gasteiger partial charge in [0.05, 0.1) is 17.7 Å². The number of hydrogen-bond donors (Lipinski definition) is 3. The van der Waals surface area contributed by atoms with Gasteiger partial charge in [0.25, 0.3) is 0 Å². The molecule has 2 saturated heterocycles. The number of ether oxygens (including phenoxy) is 1. The van der Waals surface area contributed by atoms with Crippen LogP contribution in [-0.4, -0.2) is 69.7 Å².